The maximum atomic E-state index is 11.8. The van der Waals surface area contributed by atoms with Crippen LogP contribution in [0, 0.1) is 0 Å². The fourth-order valence-corrected chi connectivity index (χ4v) is 1.80. The molecular formula is C17H14O5. The van der Waals surface area contributed by atoms with Crippen LogP contribution < -0.4 is 0 Å². The molecule has 22 heavy (non-hydrogen) atoms. The van der Waals surface area contributed by atoms with Crippen molar-refractivity contribution in [3.8, 4) is 17.2 Å². The van der Waals surface area contributed by atoms with E-state index in [-0.39, 0.29) is 28.6 Å². The first-order valence-electron chi connectivity index (χ1n) is 6.40. The van der Waals surface area contributed by atoms with Gasteiger partial charge in [-0.3, -0.25) is 4.79 Å². The first kappa shape index (κ1) is 15.2. The minimum absolute atomic E-state index is 0.0851. The Balaban J connectivity index is 2.17. The van der Waals surface area contributed by atoms with Gasteiger partial charge in [0.1, 0.15) is 23.0 Å². The van der Waals surface area contributed by atoms with Crippen LogP contribution in [0.15, 0.2) is 54.6 Å². The van der Waals surface area contributed by atoms with E-state index in [9.17, 15) is 20.1 Å². The fourth-order valence-electron chi connectivity index (χ4n) is 1.80. The lowest BCUT2D eigenvalue weighted by atomic mass is 10.1. The smallest absolute Gasteiger partial charge is 0.182 e. The number of rotatable bonds is 4. The topological polar surface area (TPSA) is 98.0 Å². The minimum Gasteiger partial charge on any atom is -0.508 e. The molecule has 0 atom stereocenters. The number of benzene rings is 2. The molecule has 2 aromatic carbocycles. The second kappa shape index (κ2) is 6.49. The Kier molecular flexibility index (Phi) is 4.48. The molecule has 0 saturated heterocycles. The molecule has 0 aliphatic rings. The van der Waals surface area contributed by atoms with Gasteiger partial charge in [-0.25, -0.2) is 0 Å². The Morgan fingerprint density at radius 2 is 1.68 bits per heavy atom. The van der Waals surface area contributed by atoms with Crippen LogP contribution in [-0.4, -0.2) is 26.2 Å². The van der Waals surface area contributed by atoms with Crippen LogP contribution in [0.2, 0.25) is 0 Å². The molecule has 5 nitrogen and oxygen atoms in total. The van der Waals surface area contributed by atoms with E-state index < -0.39 is 5.78 Å². The number of para-hydroxylation sites is 1. The normalized spacial score (nSPS) is 11.7. The summed E-state index contributed by atoms with van der Waals surface area (Å²) < 4.78 is 0. The van der Waals surface area contributed by atoms with Crippen molar-refractivity contribution in [1.29, 1.82) is 0 Å². The van der Waals surface area contributed by atoms with E-state index in [1.54, 1.807) is 12.1 Å². The summed E-state index contributed by atoms with van der Waals surface area (Å²) in [7, 11) is 0. The lowest BCUT2D eigenvalue weighted by Crippen LogP contribution is -1.91. The molecule has 0 radical (unpaired) electrons. The minimum atomic E-state index is -0.520. The molecule has 0 saturated carbocycles. The van der Waals surface area contributed by atoms with Gasteiger partial charge in [0.15, 0.2) is 5.78 Å². The van der Waals surface area contributed by atoms with Crippen LogP contribution in [0.5, 0.6) is 17.2 Å². The lowest BCUT2D eigenvalue weighted by Gasteiger charge is -2.02. The van der Waals surface area contributed by atoms with Crippen LogP contribution in [0.3, 0.4) is 0 Å². The number of aliphatic hydroxyl groups excluding tert-OH is 1. The van der Waals surface area contributed by atoms with Crippen LogP contribution in [0.25, 0.3) is 11.8 Å². The summed E-state index contributed by atoms with van der Waals surface area (Å²) in [4.78, 5) is 11.8. The molecule has 0 fully saturated rings. The molecule has 5 heteroatoms. The third-order valence-electron chi connectivity index (χ3n) is 2.90. The Hall–Kier alpha value is -3.21. The Morgan fingerprint density at radius 1 is 0.955 bits per heavy atom. The molecule has 112 valence electrons. The summed E-state index contributed by atoms with van der Waals surface area (Å²) in [5.74, 6) is -1.27. The second-order valence-electron chi connectivity index (χ2n) is 4.53. The molecule has 0 amide bonds. The van der Waals surface area contributed by atoms with Crippen molar-refractivity contribution in [2.24, 2.45) is 0 Å². The molecular weight excluding hydrogens is 284 g/mol. The van der Waals surface area contributed by atoms with E-state index in [1.165, 1.54) is 30.3 Å². The van der Waals surface area contributed by atoms with Crippen LogP contribution in [0.4, 0.5) is 0 Å². The van der Waals surface area contributed by atoms with Gasteiger partial charge >= 0.3 is 0 Å². The van der Waals surface area contributed by atoms with Crippen LogP contribution in [-0.2, 0) is 4.79 Å². The van der Waals surface area contributed by atoms with Crippen molar-refractivity contribution in [2.75, 3.05) is 0 Å². The molecule has 0 aliphatic carbocycles. The molecule has 0 unspecified atom stereocenters. The number of ketones is 1. The van der Waals surface area contributed by atoms with E-state index in [0.717, 1.165) is 18.2 Å². The van der Waals surface area contributed by atoms with Gasteiger partial charge in [0.2, 0.25) is 0 Å². The van der Waals surface area contributed by atoms with Crippen LogP contribution in [0.1, 0.15) is 11.1 Å². The first-order chi connectivity index (χ1) is 10.5. The Bertz CT molecular complexity index is 759. The van der Waals surface area contributed by atoms with Gasteiger partial charge in [0, 0.05) is 17.7 Å². The monoisotopic (exact) mass is 298 g/mol. The number of hydrogen-bond acceptors (Lipinski definition) is 5. The van der Waals surface area contributed by atoms with Gasteiger partial charge in [-0.05, 0) is 36.4 Å². The van der Waals surface area contributed by atoms with Gasteiger partial charge in [-0.1, -0.05) is 12.1 Å². The molecule has 0 aromatic heterocycles. The number of carbonyl (C=O) groups excluding carboxylic acids is 1. The number of carbonyl (C=O) groups is 1. The van der Waals surface area contributed by atoms with E-state index in [2.05, 4.69) is 0 Å². The number of allylic oxidation sites excluding steroid dienone is 2. The Morgan fingerprint density at radius 3 is 2.36 bits per heavy atom. The number of hydrogen-bond donors (Lipinski definition) is 4. The van der Waals surface area contributed by atoms with E-state index >= 15 is 0 Å². The highest BCUT2D eigenvalue weighted by Crippen LogP contribution is 2.24. The largest absolute Gasteiger partial charge is 0.508 e. The third kappa shape index (κ3) is 3.67. The summed E-state index contributed by atoms with van der Waals surface area (Å²) >= 11 is 0. The highest BCUT2D eigenvalue weighted by atomic mass is 16.3. The quantitative estimate of drug-likeness (QED) is 0.514. The molecule has 0 heterocycles. The van der Waals surface area contributed by atoms with Crippen molar-refractivity contribution in [3.63, 3.8) is 0 Å². The molecule has 0 bridgehead atoms. The van der Waals surface area contributed by atoms with Crippen molar-refractivity contribution in [3.05, 3.63) is 65.7 Å². The molecule has 2 aromatic rings. The highest BCUT2D eigenvalue weighted by molar-refractivity contribution is 6.05. The lowest BCUT2D eigenvalue weighted by molar-refractivity contribution is -0.110. The molecule has 2 rings (SSSR count). The summed E-state index contributed by atoms with van der Waals surface area (Å²) in [6.45, 7) is 0. The van der Waals surface area contributed by atoms with Gasteiger partial charge in [0.25, 0.3) is 0 Å². The van der Waals surface area contributed by atoms with Crippen molar-refractivity contribution < 1.29 is 25.2 Å². The zero-order chi connectivity index (χ0) is 16.1. The van der Waals surface area contributed by atoms with Crippen molar-refractivity contribution >= 4 is 17.6 Å². The maximum absolute atomic E-state index is 11.8. The highest BCUT2D eigenvalue weighted by Gasteiger charge is 2.06. The number of phenolic OH excluding ortho intramolecular Hbond substituents is 3. The zero-order valence-electron chi connectivity index (χ0n) is 11.5. The predicted molar refractivity (Wildman–Crippen MR) is 82.5 cm³/mol. The average Bonchev–Trinajstić information content (AvgIpc) is 2.46. The van der Waals surface area contributed by atoms with Gasteiger partial charge in [-0.2, -0.15) is 0 Å². The summed E-state index contributed by atoms with van der Waals surface area (Å²) in [5, 5.41) is 38.1. The Labute approximate surface area is 126 Å². The standard InChI is InChI=1S/C17H14O5/c18-12-7-5-11(16(21)9-12)6-8-13(19)10-17(22)14-3-1-2-4-15(14)20/h1-10,18,20-22H/b8-6+,17-10-. The summed E-state index contributed by atoms with van der Waals surface area (Å²) in [5.41, 5.74) is 0.498. The van der Waals surface area contributed by atoms with Gasteiger partial charge in [0.05, 0.1) is 5.56 Å². The molecule has 0 aliphatic heterocycles. The average molecular weight is 298 g/mol. The predicted octanol–water partition coefficient (Wildman–Crippen LogP) is 2.98. The molecule has 0 spiro atoms. The number of aliphatic hydroxyl groups is 1. The SMILES string of the molecule is O=C(/C=C(\O)c1ccccc1O)/C=C/c1ccc(O)cc1O. The second-order valence-corrected chi connectivity index (χ2v) is 4.53. The third-order valence-corrected chi connectivity index (χ3v) is 2.90. The van der Waals surface area contributed by atoms with E-state index in [4.69, 9.17) is 5.11 Å². The first-order valence-corrected chi connectivity index (χ1v) is 6.40. The van der Waals surface area contributed by atoms with Crippen LogP contribution >= 0.6 is 0 Å². The van der Waals surface area contributed by atoms with E-state index in [0.29, 0.717) is 5.56 Å². The van der Waals surface area contributed by atoms with Gasteiger partial charge in [-0.15, -0.1) is 0 Å². The summed E-state index contributed by atoms with van der Waals surface area (Å²) in [6, 6.07) is 10.1. The maximum Gasteiger partial charge on any atom is 0.182 e. The summed E-state index contributed by atoms with van der Waals surface area (Å²) in [6.07, 6.45) is 3.47. The van der Waals surface area contributed by atoms with E-state index in [1.807, 2.05) is 0 Å². The van der Waals surface area contributed by atoms with Crippen molar-refractivity contribution in [2.45, 2.75) is 0 Å². The zero-order valence-corrected chi connectivity index (χ0v) is 11.5. The van der Waals surface area contributed by atoms with Gasteiger partial charge < -0.3 is 20.4 Å². The fraction of sp³-hybridized carbons (Fsp3) is 0. The number of aromatic hydroxyl groups is 3. The number of phenols is 3. The molecule has 4 N–H and O–H groups in total. The van der Waals surface area contributed by atoms with Crippen molar-refractivity contribution in [1.82, 2.24) is 0 Å².